The van der Waals surface area contributed by atoms with Crippen molar-refractivity contribution < 1.29 is 62.8 Å². The summed E-state index contributed by atoms with van der Waals surface area (Å²) in [4.78, 5) is 49.0. The molecule has 17 heteroatoms. The molecule has 0 spiro atoms. The SMILES string of the molecule is COP(=O)([O-])OC[C@@H]1C[C@@H](O)CN1C(=O)CCCCCNC(=O)CCCCOC1OC(CO)C(O)C(O)C1NC(C)=O. The summed E-state index contributed by atoms with van der Waals surface area (Å²) >= 11 is 0. The van der Waals surface area contributed by atoms with Crippen LogP contribution in [0.1, 0.15) is 58.3 Å². The van der Waals surface area contributed by atoms with Crippen LogP contribution in [0.5, 0.6) is 0 Å². The monoisotopic (exact) mass is 626 g/mol. The number of aliphatic hydroxyl groups is 4. The number of likely N-dealkylation sites (tertiary alicyclic amines) is 1. The third kappa shape index (κ3) is 12.1. The molecule has 8 atom stereocenters. The van der Waals surface area contributed by atoms with E-state index in [4.69, 9.17) is 14.0 Å². The van der Waals surface area contributed by atoms with Gasteiger partial charge in [-0.1, -0.05) is 6.42 Å². The van der Waals surface area contributed by atoms with Gasteiger partial charge < -0.3 is 59.4 Å². The van der Waals surface area contributed by atoms with E-state index < -0.39 is 63.1 Å². The fourth-order valence-corrected chi connectivity index (χ4v) is 5.28. The molecular weight excluding hydrogens is 581 g/mol. The third-order valence-electron chi connectivity index (χ3n) is 7.08. The van der Waals surface area contributed by atoms with Crippen LogP contribution in [-0.2, 0) is 37.5 Å². The fourth-order valence-electron chi connectivity index (χ4n) is 4.82. The first kappa shape index (κ1) is 36.5. The highest BCUT2D eigenvalue weighted by atomic mass is 31.2. The standard InChI is InChI=1S/C25H46N3O13P/c1-16(30)27-22-24(35)23(34)19(14-29)41-25(22)39-11-7-5-8-20(32)26-10-6-3-4-9-21(33)28-13-18(31)12-17(28)15-40-42(36,37)38-2/h17-19,22-25,29,31,34-35H,3-15H2,1-2H3,(H,26,32)(H,27,30)(H,36,37)/p-1/t17-,18+,19?,22?,23?,24?,25?/m0/s1. The molecule has 0 radical (unpaired) electrons. The second-order valence-corrected chi connectivity index (χ2v) is 12.0. The number of ether oxygens (including phenoxy) is 2. The first-order valence-corrected chi connectivity index (χ1v) is 15.6. The molecule has 42 heavy (non-hydrogen) atoms. The number of hydrogen-bond acceptors (Lipinski definition) is 13. The highest BCUT2D eigenvalue weighted by Gasteiger charge is 2.45. The van der Waals surface area contributed by atoms with Gasteiger partial charge in [0.15, 0.2) is 6.29 Å². The molecule has 0 aromatic heterocycles. The molecular formula is C25H45N3O13P-. The maximum Gasteiger partial charge on any atom is 0.267 e. The summed E-state index contributed by atoms with van der Waals surface area (Å²) in [7, 11) is -3.45. The van der Waals surface area contributed by atoms with Crippen LogP contribution in [0.3, 0.4) is 0 Å². The second kappa shape index (κ2) is 18.2. The van der Waals surface area contributed by atoms with Gasteiger partial charge in [0.25, 0.3) is 7.82 Å². The highest BCUT2D eigenvalue weighted by Crippen LogP contribution is 2.38. The van der Waals surface area contributed by atoms with Gasteiger partial charge in [0.2, 0.25) is 17.7 Å². The Kier molecular flexibility index (Phi) is 15.8. The molecule has 0 bridgehead atoms. The summed E-state index contributed by atoms with van der Waals surface area (Å²) in [5.41, 5.74) is 0. The van der Waals surface area contributed by atoms with Gasteiger partial charge in [-0.3, -0.25) is 18.9 Å². The summed E-state index contributed by atoms with van der Waals surface area (Å²) in [5.74, 6) is -0.794. The van der Waals surface area contributed by atoms with Crippen LogP contribution in [0.2, 0.25) is 0 Å². The number of unbranched alkanes of at least 4 members (excludes halogenated alkanes) is 3. The van der Waals surface area contributed by atoms with Crippen molar-refractivity contribution in [2.75, 3.05) is 40.0 Å². The van der Waals surface area contributed by atoms with E-state index in [0.717, 1.165) is 7.11 Å². The second-order valence-electron chi connectivity index (χ2n) is 10.4. The zero-order chi connectivity index (χ0) is 31.3. The van der Waals surface area contributed by atoms with Crippen LogP contribution in [0.15, 0.2) is 0 Å². The number of phosphoric ester groups is 1. The number of aliphatic hydroxyl groups excluding tert-OH is 4. The first-order valence-electron chi connectivity index (χ1n) is 14.1. The molecule has 0 aliphatic carbocycles. The lowest BCUT2D eigenvalue weighted by molar-refractivity contribution is -0.270. The van der Waals surface area contributed by atoms with Crippen molar-refractivity contribution in [2.24, 2.45) is 0 Å². The van der Waals surface area contributed by atoms with Crippen molar-refractivity contribution in [1.82, 2.24) is 15.5 Å². The normalized spacial score (nSPS) is 29.2. The predicted octanol–water partition coefficient (Wildman–Crippen LogP) is -2.11. The van der Waals surface area contributed by atoms with E-state index in [0.29, 0.717) is 38.6 Å². The number of phosphoric acid groups is 1. The molecule has 2 aliphatic rings. The van der Waals surface area contributed by atoms with Gasteiger partial charge in [0.1, 0.15) is 24.4 Å². The molecule has 2 saturated heterocycles. The van der Waals surface area contributed by atoms with Crippen LogP contribution in [-0.4, -0.2) is 126 Å². The maximum absolute atomic E-state index is 12.6. The number of carbonyl (C=O) groups excluding carboxylic acids is 3. The topological polar surface area (TPSA) is 236 Å². The van der Waals surface area contributed by atoms with Gasteiger partial charge in [-0.25, -0.2) is 0 Å². The van der Waals surface area contributed by atoms with Crippen molar-refractivity contribution in [2.45, 2.75) is 101 Å². The molecule has 2 aliphatic heterocycles. The van der Waals surface area contributed by atoms with Gasteiger partial charge in [-0.15, -0.1) is 0 Å². The van der Waals surface area contributed by atoms with Crippen molar-refractivity contribution >= 4 is 25.5 Å². The number of hydrogen-bond donors (Lipinski definition) is 6. The minimum atomic E-state index is -4.43. The van der Waals surface area contributed by atoms with Crippen molar-refractivity contribution in [3.8, 4) is 0 Å². The maximum atomic E-state index is 12.6. The zero-order valence-electron chi connectivity index (χ0n) is 24.1. The average Bonchev–Trinajstić information content (AvgIpc) is 3.33. The van der Waals surface area contributed by atoms with Crippen LogP contribution in [0.4, 0.5) is 0 Å². The Morgan fingerprint density at radius 3 is 2.45 bits per heavy atom. The smallest absolute Gasteiger partial charge is 0.267 e. The molecule has 16 nitrogen and oxygen atoms in total. The molecule has 6 unspecified atom stereocenters. The number of nitrogens with one attached hydrogen (secondary N) is 2. The molecule has 2 rings (SSSR count). The largest absolute Gasteiger partial charge is 0.756 e. The summed E-state index contributed by atoms with van der Waals surface area (Å²) in [6.07, 6.45) is -2.08. The van der Waals surface area contributed by atoms with E-state index in [1.807, 2.05) is 0 Å². The van der Waals surface area contributed by atoms with E-state index in [1.165, 1.54) is 11.8 Å². The summed E-state index contributed by atoms with van der Waals surface area (Å²) in [6.45, 7) is 1.15. The Bertz CT molecular complexity index is 913. The highest BCUT2D eigenvalue weighted by molar-refractivity contribution is 7.45. The van der Waals surface area contributed by atoms with Crippen molar-refractivity contribution in [3.05, 3.63) is 0 Å². The quantitative estimate of drug-likeness (QED) is 0.0706. The van der Waals surface area contributed by atoms with E-state index in [1.54, 1.807) is 0 Å². The van der Waals surface area contributed by atoms with Crippen LogP contribution in [0, 0.1) is 0 Å². The van der Waals surface area contributed by atoms with Gasteiger partial charge in [-0.2, -0.15) is 0 Å². The van der Waals surface area contributed by atoms with Crippen molar-refractivity contribution in [1.29, 1.82) is 0 Å². The molecule has 3 amide bonds. The van der Waals surface area contributed by atoms with Gasteiger partial charge in [0, 0.05) is 46.6 Å². The van der Waals surface area contributed by atoms with E-state index in [-0.39, 0.29) is 50.8 Å². The predicted molar refractivity (Wildman–Crippen MR) is 143 cm³/mol. The van der Waals surface area contributed by atoms with E-state index in [9.17, 15) is 44.3 Å². The summed E-state index contributed by atoms with van der Waals surface area (Å²) in [6, 6.07) is -1.57. The van der Waals surface area contributed by atoms with Crippen LogP contribution in [0.25, 0.3) is 0 Å². The van der Waals surface area contributed by atoms with E-state index in [2.05, 4.69) is 15.2 Å². The number of rotatable bonds is 18. The van der Waals surface area contributed by atoms with Gasteiger partial charge in [-0.05, 0) is 32.1 Å². The molecule has 0 saturated carbocycles. The average molecular weight is 627 g/mol. The Labute approximate surface area is 245 Å². The van der Waals surface area contributed by atoms with Gasteiger partial charge in [0.05, 0.1) is 25.4 Å². The molecule has 6 N–H and O–H groups in total. The number of β-amino-alcohol motifs (C(OH)–C–C–N with tert-alkyl or cyclic N) is 1. The Hall–Kier alpha value is -1.72. The molecule has 244 valence electrons. The van der Waals surface area contributed by atoms with Gasteiger partial charge >= 0.3 is 0 Å². The number of carbonyl (C=O) groups is 3. The zero-order valence-corrected chi connectivity index (χ0v) is 25.0. The minimum Gasteiger partial charge on any atom is -0.756 e. The molecule has 0 aromatic rings. The first-order chi connectivity index (χ1) is 19.9. The fraction of sp³-hybridized carbons (Fsp3) is 0.880. The number of nitrogens with zero attached hydrogens (tertiary/aromatic N) is 1. The Morgan fingerprint density at radius 2 is 1.79 bits per heavy atom. The lowest BCUT2D eigenvalue weighted by Crippen LogP contribution is -2.64. The molecule has 2 fully saturated rings. The lowest BCUT2D eigenvalue weighted by atomic mass is 9.97. The molecule has 0 aromatic carbocycles. The van der Waals surface area contributed by atoms with Crippen LogP contribution >= 0.6 is 7.82 Å². The molecule has 2 heterocycles. The van der Waals surface area contributed by atoms with Crippen molar-refractivity contribution in [3.63, 3.8) is 0 Å². The Balaban J connectivity index is 1.57. The number of amides is 3. The van der Waals surface area contributed by atoms with Crippen LogP contribution < -0.4 is 15.5 Å². The summed E-state index contributed by atoms with van der Waals surface area (Å²) < 4.78 is 31.5. The Morgan fingerprint density at radius 1 is 1.07 bits per heavy atom. The minimum absolute atomic E-state index is 0.113. The third-order valence-corrected chi connectivity index (χ3v) is 7.99. The van der Waals surface area contributed by atoms with E-state index >= 15 is 0 Å². The summed E-state index contributed by atoms with van der Waals surface area (Å²) in [5, 5.41) is 44.9. The lowest BCUT2D eigenvalue weighted by Gasteiger charge is -2.42.